The van der Waals surface area contributed by atoms with Crippen LogP contribution in [0.4, 0.5) is 5.69 Å². The number of pyridine rings is 1. The lowest BCUT2D eigenvalue weighted by Crippen LogP contribution is -2.11. The molecule has 0 spiro atoms. The van der Waals surface area contributed by atoms with Crippen LogP contribution in [0.3, 0.4) is 0 Å². The number of rotatable bonds is 2. The molecular formula is C20H14N2O. The molecular weight excluding hydrogens is 284 g/mol. The molecule has 0 atom stereocenters. The largest absolute Gasteiger partial charge is 0.322 e. The Balaban J connectivity index is 1.76. The molecule has 0 aliphatic carbocycles. The number of anilines is 1. The van der Waals surface area contributed by atoms with E-state index in [0.717, 1.165) is 11.1 Å². The molecule has 0 aliphatic rings. The van der Waals surface area contributed by atoms with Gasteiger partial charge in [-0.2, -0.15) is 0 Å². The fourth-order valence-electron chi connectivity index (χ4n) is 2.04. The van der Waals surface area contributed by atoms with Crippen molar-refractivity contribution in [3.63, 3.8) is 0 Å². The Morgan fingerprint density at radius 1 is 0.870 bits per heavy atom. The first-order valence-electron chi connectivity index (χ1n) is 7.20. The zero-order valence-electron chi connectivity index (χ0n) is 12.4. The van der Waals surface area contributed by atoms with E-state index in [1.807, 2.05) is 54.6 Å². The Morgan fingerprint density at radius 3 is 2.43 bits per heavy atom. The van der Waals surface area contributed by atoms with Crippen LogP contribution in [0.5, 0.6) is 0 Å². The number of amides is 1. The summed E-state index contributed by atoms with van der Waals surface area (Å²) < 4.78 is 0. The van der Waals surface area contributed by atoms with Crippen LogP contribution in [0, 0.1) is 11.8 Å². The van der Waals surface area contributed by atoms with Gasteiger partial charge >= 0.3 is 0 Å². The SMILES string of the molecule is O=C(Nc1cccc(C#Cc2ccccc2)c1)c1cccnc1. The number of nitrogens with zero attached hydrogens (tertiary/aromatic N) is 1. The molecule has 0 saturated heterocycles. The average Bonchev–Trinajstić information content (AvgIpc) is 2.62. The maximum atomic E-state index is 12.1. The predicted molar refractivity (Wildman–Crippen MR) is 91.1 cm³/mol. The minimum atomic E-state index is -0.189. The van der Waals surface area contributed by atoms with E-state index >= 15 is 0 Å². The van der Waals surface area contributed by atoms with Gasteiger partial charge in [0.1, 0.15) is 0 Å². The van der Waals surface area contributed by atoms with Crippen molar-refractivity contribution in [3.8, 4) is 11.8 Å². The van der Waals surface area contributed by atoms with Gasteiger partial charge in [-0.1, -0.05) is 36.1 Å². The van der Waals surface area contributed by atoms with Gasteiger partial charge in [-0.15, -0.1) is 0 Å². The molecule has 0 unspecified atom stereocenters. The van der Waals surface area contributed by atoms with E-state index in [0.29, 0.717) is 11.3 Å². The highest BCUT2D eigenvalue weighted by molar-refractivity contribution is 6.04. The maximum Gasteiger partial charge on any atom is 0.257 e. The minimum absolute atomic E-state index is 0.189. The lowest BCUT2D eigenvalue weighted by Gasteiger charge is -2.05. The topological polar surface area (TPSA) is 42.0 Å². The van der Waals surface area contributed by atoms with Crippen LogP contribution in [0.2, 0.25) is 0 Å². The molecule has 110 valence electrons. The van der Waals surface area contributed by atoms with E-state index in [1.165, 1.54) is 6.20 Å². The Morgan fingerprint density at radius 2 is 1.65 bits per heavy atom. The third kappa shape index (κ3) is 4.05. The molecule has 0 bridgehead atoms. The molecule has 2 aromatic carbocycles. The van der Waals surface area contributed by atoms with Gasteiger partial charge in [0.2, 0.25) is 0 Å². The molecule has 0 saturated carbocycles. The summed E-state index contributed by atoms with van der Waals surface area (Å²) in [4.78, 5) is 16.1. The number of aromatic nitrogens is 1. The number of hydrogen-bond acceptors (Lipinski definition) is 2. The smallest absolute Gasteiger partial charge is 0.257 e. The van der Waals surface area contributed by atoms with Crippen molar-refractivity contribution in [2.24, 2.45) is 0 Å². The molecule has 3 nitrogen and oxygen atoms in total. The van der Waals surface area contributed by atoms with E-state index in [2.05, 4.69) is 22.1 Å². The van der Waals surface area contributed by atoms with Crippen LogP contribution in [-0.4, -0.2) is 10.9 Å². The Hall–Kier alpha value is -3.38. The van der Waals surface area contributed by atoms with Gasteiger partial charge in [0.25, 0.3) is 5.91 Å². The Bertz CT molecular complexity index is 862. The summed E-state index contributed by atoms with van der Waals surface area (Å²) in [6.45, 7) is 0. The number of carbonyl (C=O) groups excluding carboxylic acids is 1. The Labute approximate surface area is 135 Å². The van der Waals surface area contributed by atoms with Crippen molar-refractivity contribution >= 4 is 11.6 Å². The third-order valence-corrected chi connectivity index (χ3v) is 3.17. The van der Waals surface area contributed by atoms with Crippen molar-refractivity contribution in [2.75, 3.05) is 5.32 Å². The van der Waals surface area contributed by atoms with Gasteiger partial charge in [-0.05, 0) is 42.5 Å². The van der Waals surface area contributed by atoms with E-state index in [9.17, 15) is 4.79 Å². The summed E-state index contributed by atoms with van der Waals surface area (Å²) in [5.74, 6) is 6.01. The van der Waals surface area contributed by atoms with Crippen LogP contribution >= 0.6 is 0 Å². The summed E-state index contributed by atoms with van der Waals surface area (Å²) in [6.07, 6.45) is 3.17. The maximum absolute atomic E-state index is 12.1. The molecule has 0 radical (unpaired) electrons. The first kappa shape index (κ1) is 14.6. The first-order valence-corrected chi connectivity index (χ1v) is 7.20. The molecule has 23 heavy (non-hydrogen) atoms. The molecule has 1 amide bonds. The Kier molecular flexibility index (Phi) is 4.47. The van der Waals surface area contributed by atoms with Gasteiger partial charge in [0.15, 0.2) is 0 Å². The molecule has 1 heterocycles. The van der Waals surface area contributed by atoms with Crippen LogP contribution in [-0.2, 0) is 0 Å². The number of nitrogens with one attached hydrogen (secondary N) is 1. The van der Waals surface area contributed by atoms with Gasteiger partial charge in [0, 0.05) is 29.2 Å². The molecule has 3 rings (SSSR count). The van der Waals surface area contributed by atoms with Crippen LogP contribution < -0.4 is 5.32 Å². The summed E-state index contributed by atoms with van der Waals surface area (Å²) >= 11 is 0. The molecule has 0 aliphatic heterocycles. The highest BCUT2D eigenvalue weighted by atomic mass is 16.1. The summed E-state index contributed by atoms with van der Waals surface area (Å²) in [7, 11) is 0. The summed E-state index contributed by atoms with van der Waals surface area (Å²) in [5.41, 5.74) is 3.03. The lowest BCUT2D eigenvalue weighted by atomic mass is 10.1. The van der Waals surface area contributed by atoms with E-state index in [-0.39, 0.29) is 5.91 Å². The second-order valence-electron chi connectivity index (χ2n) is 4.89. The second-order valence-corrected chi connectivity index (χ2v) is 4.89. The molecule has 3 aromatic rings. The van der Waals surface area contributed by atoms with E-state index in [1.54, 1.807) is 18.3 Å². The number of benzene rings is 2. The van der Waals surface area contributed by atoms with Crippen molar-refractivity contribution in [1.82, 2.24) is 4.98 Å². The molecule has 1 aromatic heterocycles. The normalized spacial score (nSPS) is 9.57. The van der Waals surface area contributed by atoms with Crippen molar-refractivity contribution in [2.45, 2.75) is 0 Å². The molecule has 1 N–H and O–H groups in total. The van der Waals surface area contributed by atoms with Crippen molar-refractivity contribution in [3.05, 3.63) is 95.8 Å². The average molecular weight is 298 g/mol. The monoisotopic (exact) mass is 298 g/mol. The lowest BCUT2D eigenvalue weighted by molar-refractivity contribution is 0.102. The number of hydrogen-bond donors (Lipinski definition) is 1. The van der Waals surface area contributed by atoms with Crippen LogP contribution in [0.25, 0.3) is 0 Å². The van der Waals surface area contributed by atoms with Gasteiger partial charge in [0.05, 0.1) is 5.56 Å². The molecule has 0 fully saturated rings. The highest BCUT2D eigenvalue weighted by Gasteiger charge is 2.05. The van der Waals surface area contributed by atoms with Crippen LogP contribution in [0.1, 0.15) is 21.5 Å². The van der Waals surface area contributed by atoms with Crippen molar-refractivity contribution < 1.29 is 4.79 Å². The zero-order chi connectivity index (χ0) is 15.9. The van der Waals surface area contributed by atoms with Crippen LogP contribution in [0.15, 0.2) is 79.1 Å². The zero-order valence-corrected chi connectivity index (χ0v) is 12.4. The quantitative estimate of drug-likeness (QED) is 0.732. The standard InChI is InChI=1S/C20H14N2O/c23-20(18-9-5-13-21-15-18)22-19-10-4-8-17(14-19)12-11-16-6-2-1-3-7-16/h1-10,13-15H,(H,22,23). The summed E-state index contributed by atoms with van der Waals surface area (Å²) in [6, 6.07) is 20.7. The molecule has 3 heteroatoms. The first-order chi connectivity index (χ1) is 11.3. The fraction of sp³-hybridized carbons (Fsp3) is 0. The van der Waals surface area contributed by atoms with E-state index in [4.69, 9.17) is 0 Å². The fourth-order valence-corrected chi connectivity index (χ4v) is 2.04. The van der Waals surface area contributed by atoms with Crippen molar-refractivity contribution in [1.29, 1.82) is 0 Å². The third-order valence-electron chi connectivity index (χ3n) is 3.17. The van der Waals surface area contributed by atoms with Gasteiger partial charge < -0.3 is 5.32 Å². The summed E-state index contributed by atoms with van der Waals surface area (Å²) in [5, 5.41) is 2.85. The number of carbonyl (C=O) groups is 1. The van der Waals surface area contributed by atoms with Gasteiger partial charge in [-0.3, -0.25) is 9.78 Å². The second kappa shape index (κ2) is 7.06. The van der Waals surface area contributed by atoms with E-state index < -0.39 is 0 Å². The highest BCUT2D eigenvalue weighted by Crippen LogP contribution is 2.11. The van der Waals surface area contributed by atoms with Gasteiger partial charge in [-0.25, -0.2) is 0 Å². The predicted octanol–water partition coefficient (Wildman–Crippen LogP) is 3.73. The minimum Gasteiger partial charge on any atom is -0.322 e.